The molecule has 0 amide bonds. The van der Waals surface area contributed by atoms with Gasteiger partial charge in [-0.25, -0.2) is 27.9 Å². The Morgan fingerprint density at radius 3 is 2.80 bits per heavy atom. The van der Waals surface area contributed by atoms with E-state index in [0.717, 1.165) is 11.3 Å². The molecule has 0 aliphatic carbocycles. The van der Waals surface area contributed by atoms with Gasteiger partial charge in [0.05, 0.1) is 16.2 Å². The summed E-state index contributed by atoms with van der Waals surface area (Å²) in [5.74, 6) is -1.09. The molecule has 0 aliphatic heterocycles. The largest absolute Gasteiger partial charge is 0.476 e. The van der Waals surface area contributed by atoms with Crippen LogP contribution in [0.4, 0.5) is 0 Å². The number of thiazole rings is 2. The number of nitrogens with zero attached hydrogens (tertiary/aromatic N) is 2. The molecule has 0 atom stereocenters. The normalized spacial score (nSPS) is 11.7. The van der Waals surface area contributed by atoms with Crippen LogP contribution in [0.3, 0.4) is 0 Å². The maximum atomic E-state index is 11.9. The van der Waals surface area contributed by atoms with Gasteiger partial charge in [0.25, 0.3) is 10.0 Å². The maximum Gasteiger partial charge on any atom is 0.355 e. The molecule has 108 valence electrons. The van der Waals surface area contributed by atoms with E-state index in [1.54, 1.807) is 6.92 Å². The monoisotopic (exact) mass is 333 g/mol. The number of carbonyl (C=O) groups is 1. The molecule has 2 aromatic rings. The van der Waals surface area contributed by atoms with Crippen LogP contribution in [0.1, 0.15) is 20.5 Å². The van der Waals surface area contributed by atoms with Gasteiger partial charge in [0.1, 0.15) is 0 Å². The van der Waals surface area contributed by atoms with E-state index in [-0.39, 0.29) is 16.4 Å². The topological polar surface area (TPSA) is 109 Å². The van der Waals surface area contributed by atoms with Crippen LogP contribution in [0, 0.1) is 6.92 Å². The number of carboxylic acid groups (broad SMARTS) is 1. The SMILES string of the molecule is Cc1ncc(S(=O)(=O)NCCc2nc(C(=O)O)cs2)s1. The minimum atomic E-state index is -3.55. The first-order valence-corrected chi connectivity index (χ1v) is 8.66. The molecule has 0 unspecified atom stereocenters. The molecule has 0 saturated heterocycles. The minimum absolute atomic E-state index is 0.0223. The Balaban J connectivity index is 1.93. The summed E-state index contributed by atoms with van der Waals surface area (Å²) in [6, 6.07) is 0. The molecule has 0 aromatic carbocycles. The van der Waals surface area contributed by atoms with Gasteiger partial charge in [0, 0.05) is 18.3 Å². The summed E-state index contributed by atoms with van der Waals surface area (Å²) in [4.78, 5) is 18.4. The lowest BCUT2D eigenvalue weighted by Crippen LogP contribution is -2.25. The fraction of sp³-hybridized carbons (Fsp3) is 0.300. The molecule has 0 fully saturated rings. The number of nitrogens with one attached hydrogen (secondary N) is 1. The molecule has 0 spiro atoms. The van der Waals surface area contributed by atoms with Crippen molar-refractivity contribution in [3.05, 3.63) is 27.3 Å². The predicted octanol–water partition coefficient (Wildman–Crippen LogP) is 1.13. The van der Waals surface area contributed by atoms with E-state index in [1.807, 2.05) is 0 Å². The number of carboxylic acids is 1. The fourth-order valence-electron chi connectivity index (χ4n) is 1.35. The third-order valence-electron chi connectivity index (χ3n) is 2.27. The molecule has 10 heteroatoms. The summed E-state index contributed by atoms with van der Waals surface area (Å²) in [6.45, 7) is 1.89. The minimum Gasteiger partial charge on any atom is -0.476 e. The lowest BCUT2D eigenvalue weighted by Gasteiger charge is -2.02. The van der Waals surface area contributed by atoms with Crippen LogP contribution in [0.5, 0.6) is 0 Å². The maximum absolute atomic E-state index is 11.9. The lowest BCUT2D eigenvalue weighted by molar-refractivity contribution is 0.0691. The second kappa shape index (κ2) is 5.95. The van der Waals surface area contributed by atoms with E-state index in [9.17, 15) is 13.2 Å². The molecule has 2 heterocycles. The number of aromatic nitrogens is 2. The average molecular weight is 333 g/mol. The van der Waals surface area contributed by atoms with E-state index in [2.05, 4.69) is 14.7 Å². The number of hydrogen-bond acceptors (Lipinski definition) is 7. The van der Waals surface area contributed by atoms with Crippen molar-refractivity contribution in [2.75, 3.05) is 6.54 Å². The molecular formula is C10H11N3O4S3. The zero-order valence-electron chi connectivity index (χ0n) is 10.4. The summed E-state index contributed by atoms with van der Waals surface area (Å²) in [6.07, 6.45) is 1.66. The van der Waals surface area contributed by atoms with Gasteiger partial charge in [-0.1, -0.05) is 0 Å². The Labute approximate surface area is 123 Å². The Morgan fingerprint density at radius 2 is 2.25 bits per heavy atom. The molecule has 0 bridgehead atoms. The predicted molar refractivity (Wildman–Crippen MR) is 74.8 cm³/mol. The number of aromatic carboxylic acids is 1. The van der Waals surface area contributed by atoms with Crippen LogP contribution < -0.4 is 4.72 Å². The molecule has 2 N–H and O–H groups in total. The average Bonchev–Trinajstić information content (AvgIpc) is 2.98. The highest BCUT2D eigenvalue weighted by Gasteiger charge is 2.17. The van der Waals surface area contributed by atoms with Crippen molar-refractivity contribution in [2.24, 2.45) is 0 Å². The highest BCUT2D eigenvalue weighted by atomic mass is 32.2. The Hall–Kier alpha value is -1.36. The summed E-state index contributed by atoms with van der Waals surface area (Å²) in [7, 11) is -3.55. The number of rotatable bonds is 6. The van der Waals surface area contributed by atoms with Gasteiger partial charge >= 0.3 is 5.97 Å². The van der Waals surface area contributed by atoms with Crippen LogP contribution in [0.25, 0.3) is 0 Å². The van der Waals surface area contributed by atoms with E-state index in [4.69, 9.17) is 5.11 Å². The fourth-order valence-corrected chi connectivity index (χ4v) is 4.31. The number of hydrogen-bond donors (Lipinski definition) is 2. The van der Waals surface area contributed by atoms with Crippen LogP contribution in [0.2, 0.25) is 0 Å². The zero-order chi connectivity index (χ0) is 14.8. The molecular weight excluding hydrogens is 322 g/mol. The highest BCUT2D eigenvalue weighted by Crippen LogP contribution is 2.17. The van der Waals surface area contributed by atoms with E-state index in [1.165, 1.54) is 22.9 Å². The Kier molecular flexibility index (Phi) is 4.48. The number of aryl methyl sites for hydroxylation is 1. The molecule has 7 nitrogen and oxygen atoms in total. The lowest BCUT2D eigenvalue weighted by atomic mass is 10.4. The van der Waals surface area contributed by atoms with Gasteiger partial charge in [-0.15, -0.1) is 22.7 Å². The van der Waals surface area contributed by atoms with Crippen molar-refractivity contribution in [2.45, 2.75) is 17.6 Å². The summed E-state index contributed by atoms with van der Waals surface area (Å²) >= 11 is 2.29. The van der Waals surface area contributed by atoms with Crippen LogP contribution >= 0.6 is 22.7 Å². The van der Waals surface area contributed by atoms with Crippen molar-refractivity contribution in [1.29, 1.82) is 0 Å². The molecule has 0 saturated carbocycles. The van der Waals surface area contributed by atoms with Gasteiger partial charge in [0.2, 0.25) is 0 Å². The molecule has 0 radical (unpaired) electrons. The van der Waals surface area contributed by atoms with Gasteiger partial charge in [-0.2, -0.15) is 0 Å². The van der Waals surface area contributed by atoms with Gasteiger partial charge in [-0.3, -0.25) is 0 Å². The molecule has 2 aromatic heterocycles. The van der Waals surface area contributed by atoms with Crippen molar-refractivity contribution < 1.29 is 18.3 Å². The molecule has 20 heavy (non-hydrogen) atoms. The van der Waals surface area contributed by atoms with Gasteiger partial charge < -0.3 is 5.11 Å². The smallest absolute Gasteiger partial charge is 0.355 e. The first-order valence-electron chi connectivity index (χ1n) is 5.48. The Bertz CT molecular complexity index is 720. The van der Waals surface area contributed by atoms with Crippen molar-refractivity contribution in [3.63, 3.8) is 0 Å². The van der Waals surface area contributed by atoms with E-state index < -0.39 is 16.0 Å². The van der Waals surface area contributed by atoms with Crippen molar-refractivity contribution in [3.8, 4) is 0 Å². The molecule has 0 aliphatic rings. The van der Waals surface area contributed by atoms with E-state index in [0.29, 0.717) is 16.4 Å². The second-order valence-electron chi connectivity index (χ2n) is 3.78. The van der Waals surface area contributed by atoms with Crippen LogP contribution in [-0.2, 0) is 16.4 Å². The van der Waals surface area contributed by atoms with Crippen molar-refractivity contribution in [1.82, 2.24) is 14.7 Å². The van der Waals surface area contributed by atoms with E-state index >= 15 is 0 Å². The standard InChI is InChI=1S/C10H11N3O4S3/c1-6-11-4-9(19-6)20(16,17)12-3-2-8-13-7(5-18-8)10(14)15/h4-5,12H,2-3H2,1H3,(H,14,15). The first-order chi connectivity index (χ1) is 9.38. The van der Waals surface area contributed by atoms with Crippen molar-refractivity contribution >= 4 is 38.7 Å². The van der Waals surface area contributed by atoms with Crippen LogP contribution in [-0.4, -0.2) is 36.0 Å². The van der Waals surface area contributed by atoms with Crippen LogP contribution in [0.15, 0.2) is 15.8 Å². The third-order valence-corrected chi connectivity index (χ3v) is 6.01. The summed E-state index contributed by atoms with van der Waals surface area (Å²) < 4.78 is 26.4. The summed E-state index contributed by atoms with van der Waals surface area (Å²) in [5, 5.41) is 11.4. The van der Waals surface area contributed by atoms with Gasteiger partial charge in [0.15, 0.2) is 9.90 Å². The molecule has 2 rings (SSSR count). The Morgan fingerprint density at radius 1 is 1.50 bits per heavy atom. The van der Waals surface area contributed by atoms with Gasteiger partial charge in [-0.05, 0) is 6.92 Å². The quantitative estimate of drug-likeness (QED) is 0.820. The number of sulfonamides is 1. The summed E-state index contributed by atoms with van der Waals surface area (Å²) in [5.41, 5.74) is -0.0223. The highest BCUT2D eigenvalue weighted by molar-refractivity contribution is 7.91. The second-order valence-corrected chi connectivity index (χ2v) is 7.95. The first kappa shape index (κ1) is 15.0. The zero-order valence-corrected chi connectivity index (χ0v) is 12.8. The third kappa shape index (κ3) is 3.60.